The zero-order valence-corrected chi connectivity index (χ0v) is 22.3. The van der Waals surface area contributed by atoms with Crippen LogP contribution in [0.25, 0.3) is 0 Å². The SMILES string of the molecule is O=C(C1CCN(Cc2ccc(C(F)(F)F)cc2)CC1)N(CC1CCCC1)c1ccc(N2CCOCC2)c(F)c1. The van der Waals surface area contributed by atoms with Crippen LogP contribution in [0.15, 0.2) is 42.5 Å². The van der Waals surface area contributed by atoms with Gasteiger partial charge in [0, 0.05) is 37.8 Å². The van der Waals surface area contributed by atoms with E-state index >= 15 is 4.39 Å². The number of piperidine rings is 1. The molecule has 5 nitrogen and oxygen atoms in total. The van der Waals surface area contributed by atoms with Gasteiger partial charge in [-0.25, -0.2) is 4.39 Å². The number of morpholine rings is 1. The van der Waals surface area contributed by atoms with Crippen LogP contribution in [0.1, 0.15) is 49.7 Å². The van der Waals surface area contributed by atoms with E-state index in [1.54, 1.807) is 6.07 Å². The van der Waals surface area contributed by atoms with Crippen LogP contribution >= 0.6 is 0 Å². The molecule has 2 heterocycles. The molecule has 39 heavy (non-hydrogen) atoms. The smallest absolute Gasteiger partial charge is 0.378 e. The van der Waals surface area contributed by atoms with Crippen molar-refractivity contribution >= 4 is 17.3 Å². The summed E-state index contributed by atoms with van der Waals surface area (Å²) in [7, 11) is 0. The number of nitrogens with zero attached hydrogens (tertiary/aromatic N) is 3. The zero-order valence-electron chi connectivity index (χ0n) is 22.3. The maximum Gasteiger partial charge on any atom is 0.416 e. The van der Waals surface area contributed by atoms with E-state index < -0.39 is 11.7 Å². The molecule has 0 radical (unpaired) electrons. The molecule has 5 rings (SSSR count). The molecular formula is C30H37F4N3O2. The van der Waals surface area contributed by atoms with E-state index in [2.05, 4.69) is 4.90 Å². The Hall–Kier alpha value is -2.65. The van der Waals surface area contributed by atoms with Crippen LogP contribution in [0.2, 0.25) is 0 Å². The first-order chi connectivity index (χ1) is 18.8. The molecule has 0 atom stereocenters. The second-order valence-corrected chi connectivity index (χ2v) is 11.1. The molecule has 1 amide bonds. The highest BCUT2D eigenvalue weighted by Crippen LogP contribution is 2.33. The minimum absolute atomic E-state index is 0.0506. The number of ether oxygens (including phenoxy) is 1. The van der Waals surface area contributed by atoms with Crippen LogP contribution in [0, 0.1) is 17.7 Å². The Morgan fingerprint density at radius 1 is 0.923 bits per heavy atom. The molecule has 0 unspecified atom stereocenters. The number of likely N-dealkylation sites (tertiary alicyclic amines) is 1. The number of alkyl halides is 3. The number of carbonyl (C=O) groups excluding carboxylic acids is 1. The molecular weight excluding hydrogens is 510 g/mol. The molecule has 1 saturated carbocycles. The van der Waals surface area contributed by atoms with Gasteiger partial charge >= 0.3 is 6.18 Å². The van der Waals surface area contributed by atoms with Crippen molar-refractivity contribution in [1.29, 1.82) is 0 Å². The predicted molar refractivity (Wildman–Crippen MR) is 143 cm³/mol. The van der Waals surface area contributed by atoms with E-state index in [0.29, 0.717) is 82.6 Å². The Balaban J connectivity index is 1.24. The summed E-state index contributed by atoms with van der Waals surface area (Å²) in [6.07, 6.45) is 1.52. The van der Waals surface area contributed by atoms with Gasteiger partial charge in [0.2, 0.25) is 5.91 Å². The summed E-state index contributed by atoms with van der Waals surface area (Å²) < 4.78 is 59.3. The van der Waals surface area contributed by atoms with Crippen molar-refractivity contribution in [3.05, 3.63) is 59.4 Å². The highest BCUT2D eigenvalue weighted by Gasteiger charge is 2.33. The number of hydrogen-bond acceptors (Lipinski definition) is 4. The Morgan fingerprint density at radius 2 is 1.59 bits per heavy atom. The molecule has 0 spiro atoms. The largest absolute Gasteiger partial charge is 0.416 e. The molecule has 2 aromatic rings. The van der Waals surface area contributed by atoms with E-state index in [9.17, 15) is 18.0 Å². The van der Waals surface area contributed by atoms with Crippen LogP contribution in [0.5, 0.6) is 0 Å². The lowest BCUT2D eigenvalue weighted by Gasteiger charge is -2.35. The summed E-state index contributed by atoms with van der Waals surface area (Å²) in [6.45, 7) is 4.99. The molecule has 2 aromatic carbocycles. The van der Waals surface area contributed by atoms with Gasteiger partial charge in [-0.05, 0) is 80.6 Å². The van der Waals surface area contributed by atoms with E-state index in [1.165, 1.54) is 31.0 Å². The summed E-state index contributed by atoms with van der Waals surface area (Å²) in [5.74, 6) is 0.00696. The number of rotatable bonds is 7. The second-order valence-electron chi connectivity index (χ2n) is 11.1. The quantitative estimate of drug-likeness (QED) is 0.392. The summed E-state index contributed by atoms with van der Waals surface area (Å²) >= 11 is 0. The molecule has 0 bridgehead atoms. The van der Waals surface area contributed by atoms with Crippen LogP contribution in [0.4, 0.5) is 28.9 Å². The van der Waals surface area contributed by atoms with Gasteiger partial charge in [-0.15, -0.1) is 0 Å². The first kappa shape index (κ1) is 27.9. The molecule has 9 heteroatoms. The lowest BCUT2D eigenvalue weighted by atomic mass is 9.93. The highest BCUT2D eigenvalue weighted by atomic mass is 19.4. The van der Waals surface area contributed by atoms with Gasteiger partial charge in [-0.2, -0.15) is 13.2 Å². The molecule has 3 fully saturated rings. The number of anilines is 2. The van der Waals surface area contributed by atoms with Gasteiger partial charge in [0.15, 0.2) is 0 Å². The Bertz CT molecular complexity index is 1100. The lowest BCUT2D eigenvalue weighted by molar-refractivity contribution is -0.137. The minimum Gasteiger partial charge on any atom is -0.378 e. The van der Waals surface area contributed by atoms with Gasteiger partial charge < -0.3 is 14.5 Å². The van der Waals surface area contributed by atoms with Crippen LogP contribution in [0.3, 0.4) is 0 Å². The molecule has 212 valence electrons. The standard InChI is InChI=1S/C30H37F4N3O2/c31-27-19-26(9-10-28(27)36-15-17-39-18-16-36)37(21-22-3-1-2-4-22)29(38)24-11-13-35(14-12-24)20-23-5-7-25(8-6-23)30(32,33)34/h5-10,19,22,24H,1-4,11-18,20-21H2. The molecule has 1 aliphatic carbocycles. The lowest BCUT2D eigenvalue weighted by Crippen LogP contribution is -2.44. The predicted octanol–water partition coefficient (Wildman–Crippen LogP) is 6.12. The number of amides is 1. The summed E-state index contributed by atoms with van der Waals surface area (Å²) in [6, 6.07) is 10.5. The maximum absolute atomic E-state index is 15.3. The highest BCUT2D eigenvalue weighted by molar-refractivity contribution is 5.95. The van der Waals surface area contributed by atoms with Gasteiger partial charge in [0.05, 0.1) is 24.5 Å². The van der Waals surface area contributed by atoms with Crippen molar-refractivity contribution in [2.24, 2.45) is 11.8 Å². The van der Waals surface area contributed by atoms with Crippen molar-refractivity contribution in [3.63, 3.8) is 0 Å². The van der Waals surface area contributed by atoms with Crippen molar-refractivity contribution in [2.45, 2.75) is 51.2 Å². The normalized spacial score (nSPS) is 19.9. The molecule has 2 saturated heterocycles. The third kappa shape index (κ3) is 6.92. The van der Waals surface area contributed by atoms with Crippen LogP contribution < -0.4 is 9.80 Å². The number of halogens is 4. The summed E-state index contributed by atoms with van der Waals surface area (Å²) in [5, 5.41) is 0. The Labute approximate surface area is 227 Å². The van der Waals surface area contributed by atoms with E-state index in [1.807, 2.05) is 15.9 Å². The fraction of sp³-hybridized carbons (Fsp3) is 0.567. The third-order valence-electron chi connectivity index (χ3n) is 8.40. The molecule has 2 aliphatic heterocycles. The monoisotopic (exact) mass is 547 g/mol. The van der Waals surface area contributed by atoms with E-state index in [0.717, 1.165) is 30.5 Å². The Kier molecular flexibility index (Phi) is 8.76. The van der Waals surface area contributed by atoms with Crippen molar-refractivity contribution in [1.82, 2.24) is 4.90 Å². The number of hydrogen-bond donors (Lipinski definition) is 0. The van der Waals surface area contributed by atoms with E-state index in [-0.39, 0.29) is 17.6 Å². The first-order valence-electron chi connectivity index (χ1n) is 14.1. The maximum atomic E-state index is 15.3. The van der Waals surface area contributed by atoms with E-state index in [4.69, 9.17) is 4.74 Å². The zero-order chi connectivity index (χ0) is 27.4. The van der Waals surface area contributed by atoms with Gasteiger partial charge in [-0.3, -0.25) is 9.69 Å². The fourth-order valence-electron chi connectivity index (χ4n) is 6.11. The Morgan fingerprint density at radius 3 is 2.21 bits per heavy atom. The fourth-order valence-corrected chi connectivity index (χ4v) is 6.11. The third-order valence-corrected chi connectivity index (χ3v) is 8.40. The summed E-state index contributed by atoms with van der Waals surface area (Å²) in [5.41, 5.74) is 1.35. The first-order valence-corrected chi connectivity index (χ1v) is 14.1. The van der Waals surface area contributed by atoms with Crippen molar-refractivity contribution in [2.75, 3.05) is 55.7 Å². The van der Waals surface area contributed by atoms with Gasteiger partial charge in [0.1, 0.15) is 5.82 Å². The van der Waals surface area contributed by atoms with Crippen molar-refractivity contribution < 1.29 is 27.1 Å². The van der Waals surface area contributed by atoms with Crippen LogP contribution in [-0.4, -0.2) is 56.7 Å². The molecule has 3 aliphatic rings. The van der Waals surface area contributed by atoms with Gasteiger partial charge in [-0.1, -0.05) is 25.0 Å². The topological polar surface area (TPSA) is 36.0 Å². The average Bonchev–Trinajstić information content (AvgIpc) is 3.45. The average molecular weight is 548 g/mol. The van der Waals surface area contributed by atoms with Crippen molar-refractivity contribution in [3.8, 4) is 0 Å². The van der Waals surface area contributed by atoms with Crippen LogP contribution in [-0.2, 0) is 22.3 Å². The number of benzene rings is 2. The number of carbonyl (C=O) groups is 1. The second kappa shape index (κ2) is 12.3. The molecule has 0 aromatic heterocycles. The van der Waals surface area contributed by atoms with Gasteiger partial charge in [0.25, 0.3) is 0 Å². The molecule has 0 N–H and O–H groups in total. The summed E-state index contributed by atoms with van der Waals surface area (Å²) in [4.78, 5) is 19.8. The minimum atomic E-state index is -4.34.